The molecule has 0 aromatic heterocycles. The van der Waals surface area contributed by atoms with Crippen LogP contribution in [0.25, 0.3) is 0 Å². The molecule has 5 rings (SSSR count). The Kier molecular flexibility index (Phi) is 9.98. The number of fused-ring (bicyclic) bond motifs is 3. The summed E-state index contributed by atoms with van der Waals surface area (Å²) in [6, 6.07) is 11.5. The topological polar surface area (TPSA) is 96.3 Å². The zero-order valence-electron chi connectivity index (χ0n) is 28.1. The lowest BCUT2D eigenvalue weighted by atomic mass is 9.68. The van der Waals surface area contributed by atoms with Crippen LogP contribution < -0.4 is 9.64 Å². The third-order valence-corrected chi connectivity index (χ3v) is 10.6. The van der Waals surface area contributed by atoms with Gasteiger partial charge in [0.25, 0.3) is 0 Å². The fraction of sp³-hybridized carbons (Fsp3) is 0.579. The number of hydrogen-bond acceptors (Lipinski definition) is 7. The number of ketones is 1. The van der Waals surface area contributed by atoms with Crippen LogP contribution in [-0.2, 0) is 31.8 Å². The monoisotopic (exact) mass is 651 g/mol. The summed E-state index contributed by atoms with van der Waals surface area (Å²) in [6.07, 6.45) is 8.35. The van der Waals surface area contributed by atoms with E-state index >= 15 is 0 Å². The van der Waals surface area contributed by atoms with Crippen LogP contribution in [-0.4, -0.2) is 53.4 Å². The number of aryl methyl sites for hydroxylation is 1. The van der Waals surface area contributed by atoms with Gasteiger partial charge in [-0.15, -0.1) is 0 Å². The number of rotatable bonds is 9. The first kappa shape index (κ1) is 34.5. The second kappa shape index (κ2) is 13.3. The summed E-state index contributed by atoms with van der Waals surface area (Å²) in [4.78, 5) is 29.1. The highest BCUT2D eigenvalue weighted by Gasteiger charge is 2.49. The van der Waals surface area contributed by atoms with Crippen molar-refractivity contribution in [2.75, 3.05) is 24.6 Å². The van der Waals surface area contributed by atoms with Gasteiger partial charge in [0.15, 0.2) is 11.4 Å². The fourth-order valence-corrected chi connectivity index (χ4v) is 8.10. The summed E-state index contributed by atoms with van der Waals surface area (Å²) in [7, 11) is 0. The number of allylic oxidation sites excluding steroid dienone is 1. The molecule has 2 aromatic carbocycles. The third kappa shape index (κ3) is 6.61. The number of esters is 1. The Balaban J connectivity index is 1.59. The van der Waals surface area contributed by atoms with Crippen LogP contribution in [0.15, 0.2) is 48.6 Å². The smallest absolute Gasteiger partial charge is 0.313 e. The van der Waals surface area contributed by atoms with Gasteiger partial charge in [0.1, 0.15) is 11.4 Å². The number of carbonyl (C=O) groups is 2. The van der Waals surface area contributed by atoms with Crippen molar-refractivity contribution in [3.05, 3.63) is 70.3 Å². The van der Waals surface area contributed by atoms with Crippen molar-refractivity contribution in [3.8, 4) is 5.75 Å². The minimum atomic E-state index is -2.09. The number of carbonyl (C=O) groups excluding carboxylic acids is 2. The first-order valence-corrected chi connectivity index (χ1v) is 17.2. The molecular weight excluding hydrogens is 602 g/mol. The van der Waals surface area contributed by atoms with Crippen LogP contribution in [0.1, 0.15) is 90.3 Å². The molecule has 0 radical (unpaired) electrons. The van der Waals surface area contributed by atoms with E-state index in [1.165, 1.54) is 18.1 Å². The second-order valence-corrected chi connectivity index (χ2v) is 15.1. The maximum Gasteiger partial charge on any atom is 0.313 e. The van der Waals surface area contributed by atoms with E-state index in [1.807, 2.05) is 37.3 Å². The van der Waals surface area contributed by atoms with Crippen LogP contribution in [0.4, 0.5) is 5.69 Å². The molecule has 250 valence electrons. The van der Waals surface area contributed by atoms with Crippen LogP contribution in [0.3, 0.4) is 0 Å². The molecule has 0 saturated heterocycles. The molecule has 7 nitrogen and oxygen atoms in total. The van der Waals surface area contributed by atoms with E-state index in [9.17, 15) is 19.8 Å². The Morgan fingerprint density at radius 3 is 2.59 bits per heavy atom. The standard InChI is InChI=1S/C38H50ClNO6/c1-7-10-33(42)29-15-12-26(29)21-40-22-37(18-9-11-25-19-28(39)14-16-31(25)37)23-45-34-17-13-27(20-32(34)40)38(44,24(3)41)30(8-2)35(43)46-36(4,5)6/h7,10,13-14,16-17,19-20,26,29-30,33,42,44H,8-9,11-12,15,18,21-23H2,1-6H3/b10-7+/t26-,29+,30-,33-,37-,38-/m0/s1. The van der Waals surface area contributed by atoms with Gasteiger partial charge in [-0.05, 0) is 126 Å². The predicted octanol–water partition coefficient (Wildman–Crippen LogP) is 6.92. The minimum absolute atomic E-state index is 0.145. The van der Waals surface area contributed by atoms with Gasteiger partial charge in [-0.2, -0.15) is 0 Å². The molecule has 1 saturated carbocycles. The van der Waals surface area contributed by atoms with E-state index in [0.29, 0.717) is 31.0 Å². The van der Waals surface area contributed by atoms with E-state index in [2.05, 4.69) is 17.0 Å². The number of halogens is 1. The Morgan fingerprint density at radius 1 is 1.20 bits per heavy atom. The van der Waals surface area contributed by atoms with Crippen molar-refractivity contribution < 1.29 is 29.3 Å². The van der Waals surface area contributed by atoms with Crippen LogP contribution in [0, 0.1) is 17.8 Å². The van der Waals surface area contributed by atoms with Crippen LogP contribution in [0.2, 0.25) is 5.02 Å². The highest BCUT2D eigenvalue weighted by Crippen LogP contribution is 2.48. The maximum absolute atomic E-state index is 13.4. The van der Waals surface area contributed by atoms with Crippen molar-refractivity contribution >= 4 is 29.0 Å². The largest absolute Gasteiger partial charge is 0.490 e. The van der Waals surface area contributed by atoms with E-state index in [4.69, 9.17) is 21.1 Å². The molecule has 1 heterocycles. The minimum Gasteiger partial charge on any atom is -0.490 e. The zero-order chi connectivity index (χ0) is 33.4. The molecule has 1 aliphatic heterocycles. The van der Waals surface area contributed by atoms with E-state index in [1.54, 1.807) is 33.8 Å². The molecular formula is C38H50ClNO6. The quantitative estimate of drug-likeness (QED) is 0.224. The molecule has 2 N–H and O–H groups in total. The van der Waals surface area contributed by atoms with Gasteiger partial charge in [-0.25, -0.2) is 0 Å². The summed E-state index contributed by atoms with van der Waals surface area (Å²) >= 11 is 6.43. The van der Waals surface area contributed by atoms with Crippen molar-refractivity contribution in [2.45, 2.75) is 103 Å². The van der Waals surface area contributed by atoms with Gasteiger partial charge in [-0.3, -0.25) is 9.59 Å². The average Bonchev–Trinajstić information content (AvgIpc) is 3.11. The number of aliphatic hydroxyl groups excluding tert-OH is 1. The average molecular weight is 652 g/mol. The Labute approximate surface area is 278 Å². The Bertz CT molecular complexity index is 1480. The molecule has 0 amide bonds. The summed E-state index contributed by atoms with van der Waals surface area (Å²) < 4.78 is 12.3. The van der Waals surface area contributed by atoms with Gasteiger partial charge >= 0.3 is 5.97 Å². The normalized spacial score (nSPS) is 25.4. The van der Waals surface area contributed by atoms with Gasteiger partial charge < -0.3 is 24.6 Å². The first-order valence-electron chi connectivity index (χ1n) is 16.8. The van der Waals surface area contributed by atoms with Gasteiger partial charge in [0, 0.05) is 23.5 Å². The summed E-state index contributed by atoms with van der Waals surface area (Å²) in [6.45, 7) is 12.2. The molecule has 8 heteroatoms. The van der Waals surface area contributed by atoms with Crippen molar-refractivity contribution in [1.29, 1.82) is 0 Å². The van der Waals surface area contributed by atoms with Gasteiger partial charge in [0.05, 0.1) is 24.3 Å². The van der Waals surface area contributed by atoms with E-state index < -0.39 is 35.0 Å². The summed E-state index contributed by atoms with van der Waals surface area (Å²) in [5, 5.41) is 23.8. The SMILES string of the molecule is C/C=C/[C@H](O)[C@@H]1CC[C@H]1CN1C[C@@]2(CCCc3cc(Cl)ccc32)COc2ccc([C@@](O)(C(C)=O)[C@@H](CC)C(=O)OC(C)(C)C)cc21. The zero-order valence-corrected chi connectivity index (χ0v) is 28.9. The number of aliphatic hydroxyl groups is 2. The van der Waals surface area contributed by atoms with Gasteiger partial charge in [0.2, 0.25) is 0 Å². The molecule has 6 atom stereocenters. The molecule has 46 heavy (non-hydrogen) atoms. The van der Waals surface area contributed by atoms with E-state index in [0.717, 1.165) is 42.8 Å². The van der Waals surface area contributed by atoms with Crippen molar-refractivity contribution in [1.82, 2.24) is 0 Å². The number of anilines is 1. The Hall–Kier alpha value is -2.87. The number of ether oxygens (including phenoxy) is 2. The van der Waals surface area contributed by atoms with Crippen molar-refractivity contribution in [2.24, 2.45) is 17.8 Å². The molecule has 0 bridgehead atoms. The lowest BCUT2D eigenvalue weighted by Crippen LogP contribution is -2.49. The predicted molar refractivity (Wildman–Crippen MR) is 181 cm³/mol. The fourth-order valence-electron chi connectivity index (χ4n) is 7.90. The summed E-state index contributed by atoms with van der Waals surface area (Å²) in [5.74, 6) is -1.15. The molecule has 2 aromatic rings. The molecule has 1 fully saturated rings. The molecule has 2 aliphatic carbocycles. The number of benzene rings is 2. The second-order valence-electron chi connectivity index (χ2n) is 14.6. The highest BCUT2D eigenvalue weighted by molar-refractivity contribution is 6.30. The number of Topliss-reactive ketones (excluding diaryl/α,β-unsaturated/α-hetero) is 1. The van der Waals surface area contributed by atoms with Crippen LogP contribution in [0.5, 0.6) is 5.75 Å². The summed E-state index contributed by atoms with van der Waals surface area (Å²) in [5.41, 5.74) is 0.460. The Morgan fingerprint density at radius 2 is 1.96 bits per heavy atom. The highest BCUT2D eigenvalue weighted by atomic mass is 35.5. The molecule has 0 unspecified atom stereocenters. The molecule has 3 aliphatic rings. The van der Waals surface area contributed by atoms with E-state index in [-0.39, 0.29) is 23.7 Å². The third-order valence-electron chi connectivity index (χ3n) is 10.4. The maximum atomic E-state index is 13.4. The lowest BCUT2D eigenvalue weighted by molar-refractivity contribution is -0.175. The van der Waals surface area contributed by atoms with Gasteiger partial charge in [-0.1, -0.05) is 42.8 Å². The number of hydrogen-bond donors (Lipinski definition) is 2. The van der Waals surface area contributed by atoms with Crippen LogP contribution >= 0.6 is 11.6 Å². The van der Waals surface area contributed by atoms with Crippen molar-refractivity contribution in [3.63, 3.8) is 0 Å². The first-order chi connectivity index (χ1) is 21.7. The molecule has 1 spiro atoms. The number of nitrogens with zero attached hydrogens (tertiary/aromatic N) is 1. The lowest BCUT2D eigenvalue weighted by Gasteiger charge is -2.45.